The highest BCUT2D eigenvalue weighted by molar-refractivity contribution is 5.77. The Balaban J connectivity index is 2.04. The zero-order valence-corrected chi connectivity index (χ0v) is 11.2. The van der Waals surface area contributed by atoms with Gasteiger partial charge in [0.25, 0.3) is 0 Å². The number of morpholine rings is 1. The fourth-order valence-corrected chi connectivity index (χ4v) is 1.72. The van der Waals surface area contributed by atoms with Gasteiger partial charge in [-0.05, 0) is 13.0 Å². The van der Waals surface area contributed by atoms with Gasteiger partial charge in [-0.2, -0.15) is 0 Å². The number of carbonyl (C=O) groups excluding carboxylic acids is 1. The van der Waals surface area contributed by atoms with Crippen LogP contribution in [0, 0.1) is 5.92 Å². The molecule has 0 aromatic heterocycles. The Labute approximate surface area is 104 Å². The predicted octanol–water partition coefficient (Wildman–Crippen LogP) is -0.321. The molecule has 0 aromatic carbocycles. The Kier molecular flexibility index (Phi) is 6.47. The second kappa shape index (κ2) is 7.63. The zero-order valence-electron chi connectivity index (χ0n) is 11.2. The van der Waals surface area contributed by atoms with Crippen molar-refractivity contribution < 1.29 is 9.53 Å². The third kappa shape index (κ3) is 6.61. The average Bonchev–Trinajstić information content (AvgIpc) is 2.26. The summed E-state index contributed by atoms with van der Waals surface area (Å²) in [5.74, 6) is 0.553. The Bertz CT molecular complexity index is 234. The van der Waals surface area contributed by atoms with Gasteiger partial charge >= 0.3 is 0 Å². The van der Waals surface area contributed by atoms with Crippen molar-refractivity contribution in [2.45, 2.75) is 20.0 Å². The molecule has 0 aromatic rings. The normalized spacial score (nSPS) is 21.8. The van der Waals surface area contributed by atoms with Crippen LogP contribution in [0.2, 0.25) is 0 Å². The van der Waals surface area contributed by atoms with E-state index in [0.29, 0.717) is 12.5 Å². The van der Waals surface area contributed by atoms with Gasteiger partial charge in [-0.3, -0.25) is 4.79 Å². The van der Waals surface area contributed by atoms with E-state index in [1.807, 2.05) is 0 Å². The fourth-order valence-electron chi connectivity index (χ4n) is 1.72. The van der Waals surface area contributed by atoms with E-state index in [0.717, 1.165) is 32.8 Å². The molecule has 1 unspecified atom stereocenters. The Morgan fingerprint density at radius 2 is 2.29 bits per heavy atom. The van der Waals surface area contributed by atoms with Crippen LogP contribution in [0.5, 0.6) is 0 Å². The van der Waals surface area contributed by atoms with Crippen LogP contribution in [0.3, 0.4) is 0 Å². The van der Waals surface area contributed by atoms with Crippen molar-refractivity contribution >= 4 is 5.91 Å². The smallest absolute Gasteiger partial charge is 0.233 e. The van der Waals surface area contributed by atoms with Crippen LogP contribution in [-0.2, 0) is 9.53 Å². The molecule has 0 radical (unpaired) electrons. The van der Waals surface area contributed by atoms with Gasteiger partial charge in [0.1, 0.15) is 0 Å². The number of nitrogens with one attached hydrogen (secondary N) is 2. The molecule has 1 fully saturated rings. The minimum Gasteiger partial charge on any atom is -0.374 e. The largest absolute Gasteiger partial charge is 0.374 e. The van der Waals surface area contributed by atoms with Crippen molar-refractivity contribution in [3.63, 3.8) is 0 Å². The molecule has 1 aliphatic heterocycles. The molecule has 100 valence electrons. The summed E-state index contributed by atoms with van der Waals surface area (Å²) in [6, 6.07) is 0. The van der Waals surface area contributed by atoms with Crippen molar-refractivity contribution in [1.29, 1.82) is 0 Å². The lowest BCUT2D eigenvalue weighted by Gasteiger charge is -2.30. The second-order valence-electron chi connectivity index (χ2n) is 5.08. The standard InChI is InChI=1S/C12H25N3O2/c1-10(2)6-14-12(16)8-13-7-11-9-15(3)4-5-17-11/h10-11,13H,4-9H2,1-3H3,(H,14,16). The summed E-state index contributed by atoms with van der Waals surface area (Å²) in [6.07, 6.45) is 0.201. The molecule has 1 atom stereocenters. The van der Waals surface area contributed by atoms with E-state index in [2.05, 4.69) is 36.4 Å². The van der Waals surface area contributed by atoms with Crippen LogP contribution in [0.1, 0.15) is 13.8 Å². The van der Waals surface area contributed by atoms with Crippen LogP contribution in [0.15, 0.2) is 0 Å². The summed E-state index contributed by atoms with van der Waals surface area (Å²) in [7, 11) is 2.09. The highest BCUT2D eigenvalue weighted by atomic mass is 16.5. The lowest BCUT2D eigenvalue weighted by molar-refractivity contribution is -0.120. The predicted molar refractivity (Wildman–Crippen MR) is 68.0 cm³/mol. The molecule has 1 rings (SSSR count). The number of rotatable bonds is 6. The molecule has 5 heteroatoms. The van der Waals surface area contributed by atoms with Crippen LogP contribution < -0.4 is 10.6 Å². The molecule has 0 bridgehead atoms. The fraction of sp³-hybridized carbons (Fsp3) is 0.917. The Hall–Kier alpha value is -0.650. The number of hydrogen-bond donors (Lipinski definition) is 2. The summed E-state index contributed by atoms with van der Waals surface area (Å²) in [6.45, 7) is 8.71. The van der Waals surface area contributed by atoms with Crippen LogP contribution in [0.4, 0.5) is 0 Å². The van der Waals surface area contributed by atoms with Crippen molar-refractivity contribution in [3.05, 3.63) is 0 Å². The molecule has 0 saturated carbocycles. The molecule has 5 nitrogen and oxygen atoms in total. The van der Waals surface area contributed by atoms with Crippen molar-refractivity contribution in [1.82, 2.24) is 15.5 Å². The van der Waals surface area contributed by atoms with E-state index in [1.165, 1.54) is 0 Å². The maximum Gasteiger partial charge on any atom is 0.233 e. The molecule has 1 aliphatic rings. The SMILES string of the molecule is CC(C)CNC(=O)CNCC1CN(C)CCO1. The van der Waals surface area contributed by atoms with Crippen molar-refractivity contribution in [2.24, 2.45) is 5.92 Å². The van der Waals surface area contributed by atoms with Gasteiger partial charge in [-0.1, -0.05) is 13.8 Å². The summed E-state index contributed by atoms with van der Waals surface area (Å²) in [5.41, 5.74) is 0. The minimum absolute atomic E-state index is 0.0582. The molecule has 1 amide bonds. The first-order chi connectivity index (χ1) is 8.08. The van der Waals surface area contributed by atoms with E-state index in [4.69, 9.17) is 4.74 Å². The number of likely N-dealkylation sites (N-methyl/N-ethyl adjacent to an activating group) is 1. The maximum absolute atomic E-state index is 11.4. The summed E-state index contributed by atoms with van der Waals surface area (Å²) in [4.78, 5) is 13.7. The summed E-state index contributed by atoms with van der Waals surface area (Å²) >= 11 is 0. The van der Waals surface area contributed by atoms with Gasteiger partial charge < -0.3 is 20.3 Å². The first-order valence-electron chi connectivity index (χ1n) is 6.35. The summed E-state index contributed by atoms with van der Waals surface area (Å²) < 4.78 is 5.59. The Morgan fingerprint density at radius 1 is 1.53 bits per heavy atom. The first-order valence-corrected chi connectivity index (χ1v) is 6.35. The minimum atomic E-state index is 0.0582. The van der Waals surface area contributed by atoms with Crippen molar-refractivity contribution in [3.8, 4) is 0 Å². The number of ether oxygens (including phenoxy) is 1. The third-order valence-corrected chi connectivity index (χ3v) is 2.71. The number of amides is 1. The molecular weight excluding hydrogens is 218 g/mol. The van der Waals surface area contributed by atoms with Gasteiger partial charge in [-0.25, -0.2) is 0 Å². The number of hydrogen-bond acceptors (Lipinski definition) is 4. The van der Waals surface area contributed by atoms with Gasteiger partial charge in [-0.15, -0.1) is 0 Å². The number of carbonyl (C=O) groups is 1. The van der Waals surface area contributed by atoms with Gasteiger partial charge in [0.2, 0.25) is 5.91 Å². The second-order valence-corrected chi connectivity index (χ2v) is 5.08. The van der Waals surface area contributed by atoms with E-state index >= 15 is 0 Å². The monoisotopic (exact) mass is 243 g/mol. The number of nitrogens with zero attached hydrogens (tertiary/aromatic N) is 1. The van der Waals surface area contributed by atoms with Gasteiger partial charge in [0.05, 0.1) is 19.3 Å². The molecule has 17 heavy (non-hydrogen) atoms. The molecule has 1 saturated heterocycles. The first kappa shape index (κ1) is 14.4. The Morgan fingerprint density at radius 3 is 2.94 bits per heavy atom. The average molecular weight is 243 g/mol. The lowest BCUT2D eigenvalue weighted by Crippen LogP contribution is -2.46. The molecule has 2 N–H and O–H groups in total. The van der Waals surface area contributed by atoms with Crippen LogP contribution >= 0.6 is 0 Å². The van der Waals surface area contributed by atoms with E-state index in [9.17, 15) is 4.79 Å². The summed E-state index contributed by atoms with van der Waals surface area (Å²) in [5, 5.41) is 6.01. The van der Waals surface area contributed by atoms with Crippen LogP contribution in [0.25, 0.3) is 0 Å². The quantitative estimate of drug-likeness (QED) is 0.671. The molecule has 0 aliphatic carbocycles. The lowest BCUT2D eigenvalue weighted by atomic mass is 10.2. The van der Waals surface area contributed by atoms with Gasteiger partial charge in [0, 0.05) is 26.2 Å². The maximum atomic E-state index is 11.4. The highest BCUT2D eigenvalue weighted by Crippen LogP contribution is 2.01. The van der Waals surface area contributed by atoms with E-state index < -0.39 is 0 Å². The molecular formula is C12H25N3O2. The van der Waals surface area contributed by atoms with Crippen molar-refractivity contribution in [2.75, 3.05) is 46.4 Å². The van der Waals surface area contributed by atoms with E-state index in [1.54, 1.807) is 0 Å². The topological polar surface area (TPSA) is 53.6 Å². The molecule has 1 heterocycles. The van der Waals surface area contributed by atoms with Crippen LogP contribution in [-0.4, -0.2) is 63.3 Å². The molecule has 0 spiro atoms. The van der Waals surface area contributed by atoms with E-state index in [-0.39, 0.29) is 12.0 Å². The van der Waals surface area contributed by atoms with Gasteiger partial charge in [0.15, 0.2) is 0 Å². The highest BCUT2D eigenvalue weighted by Gasteiger charge is 2.17. The zero-order chi connectivity index (χ0) is 12.7. The third-order valence-electron chi connectivity index (χ3n) is 2.71.